The standard InChI is InChI=1S/C15H20N2O3/c1-11(18)17(2)8-6-13-10-15(20-4)14(19-3)9-12(13)5-7-16/h9-10H,5-6,8H2,1-4H3. The normalized spacial score (nSPS) is 9.75. The quantitative estimate of drug-likeness (QED) is 0.794. The van der Waals surface area contributed by atoms with Crippen LogP contribution in [0.3, 0.4) is 0 Å². The van der Waals surface area contributed by atoms with Crippen molar-refractivity contribution in [2.75, 3.05) is 27.8 Å². The summed E-state index contributed by atoms with van der Waals surface area (Å²) in [5.74, 6) is 1.27. The maximum Gasteiger partial charge on any atom is 0.219 e. The Morgan fingerprint density at radius 2 is 1.80 bits per heavy atom. The van der Waals surface area contributed by atoms with E-state index in [4.69, 9.17) is 14.7 Å². The van der Waals surface area contributed by atoms with Gasteiger partial charge in [0.2, 0.25) is 5.91 Å². The second kappa shape index (κ2) is 7.39. The van der Waals surface area contributed by atoms with E-state index in [0.29, 0.717) is 30.9 Å². The number of rotatable bonds is 6. The lowest BCUT2D eigenvalue weighted by atomic mass is 10.0. The number of carbonyl (C=O) groups is 1. The number of nitriles is 1. The van der Waals surface area contributed by atoms with E-state index in [1.54, 1.807) is 26.2 Å². The molecule has 108 valence electrons. The molecule has 1 aromatic rings. The molecule has 1 rings (SSSR count). The SMILES string of the molecule is COc1cc(CC#N)c(CCN(C)C(C)=O)cc1OC. The van der Waals surface area contributed by atoms with E-state index in [0.717, 1.165) is 11.1 Å². The van der Waals surface area contributed by atoms with Gasteiger partial charge >= 0.3 is 0 Å². The molecule has 0 atom stereocenters. The van der Waals surface area contributed by atoms with Gasteiger partial charge in [0.1, 0.15) is 0 Å². The fourth-order valence-electron chi connectivity index (χ4n) is 1.89. The predicted octanol–water partition coefficient (Wildman–Crippen LogP) is 1.79. The molecule has 0 aromatic heterocycles. The Labute approximate surface area is 119 Å². The molecule has 0 aliphatic heterocycles. The van der Waals surface area contributed by atoms with E-state index < -0.39 is 0 Å². The molecule has 0 saturated heterocycles. The molecule has 20 heavy (non-hydrogen) atoms. The number of ether oxygens (including phenoxy) is 2. The number of benzene rings is 1. The molecular weight excluding hydrogens is 256 g/mol. The third-order valence-corrected chi connectivity index (χ3v) is 3.23. The number of amides is 1. The van der Waals surface area contributed by atoms with Gasteiger partial charge in [-0.05, 0) is 29.7 Å². The van der Waals surface area contributed by atoms with E-state index in [1.165, 1.54) is 6.92 Å². The zero-order valence-electron chi connectivity index (χ0n) is 12.4. The van der Waals surface area contributed by atoms with Crippen molar-refractivity contribution >= 4 is 5.91 Å². The zero-order valence-corrected chi connectivity index (χ0v) is 12.4. The Balaban J connectivity index is 3.03. The summed E-state index contributed by atoms with van der Waals surface area (Å²) in [6.07, 6.45) is 0.979. The van der Waals surface area contributed by atoms with E-state index in [9.17, 15) is 4.79 Å². The van der Waals surface area contributed by atoms with Gasteiger partial charge in [0.15, 0.2) is 11.5 Å². The smallest absolute Gasteiger partial charge is 0.219 e. The number of methoxy groups -OCH3 is 2. The van der Waals surface area contributed by atoms with Crippen molar-refractivity contribution in [3.8, 4) is 17.6 Å². The first kappa shape index (κ1) is 15.8. The molecule has 0 spiro atoms. The summed E-state index contributed by atoms with van der Waals surface area (Å²) in [7, 11) is 4.90. The maximum atomic E-state index is 11.2. The van der Waals surface area contributed by atoms with Crippen LogP contribution < -0.4 is 9.47 Å². The maximum absolute atomic E-state index is 11.2. The fraction of sp³-hybridized carbons (Fsp3) is 0.467. The zero-order chi connectivity index (χ0) is 15.1. The molecule has 0 N–H and O–H groups in total. The van der Waals surface area contributed by atoms with E-state index in [1.807, 2.05) is 12.1 Å². The molecule has 0 aliphatic carbocycles. The molecule has 5 nitrogen and oxygen atoms in total. The van der Waals surface area contributed by atoms with E-state index >= 15 is 0 Å². The van der Waals surface area contributed by atoms with Crippen LogP contribution in [0.4, 0.5) is 0 Å². The van der Waals surface area contributed by atoms with Crippen LogP contribution in [0.5, 0.6) is 11.5 Å². The van der Waals surface area contributed by atoms with Gasteiger partial charge in [0.25, 0.3) is 0 Å². The third kappa shape index (κ3) is 3.89. The van der Waals surface area contributed by atoms with Gasteiger partial charge in [-0.1, -0.05) is 0 Å². The molecule has 0 unspecified atom stereocenters. The van der Waals surface area contributed by atoms with Crippen LogP contribution in [-0.4, -0.2) is 38.6 Å². The average molecular weight is 276 g/mol. The fourth-order valence-corrected chi connectivity index (χ4v) is 1.89. The van der Waals surface area contributed by atoms with Crippen LogP contribution >= 0.6 is 0 Å². The molecule has 0 aliphatic rings. The van der Waals surface area contributed by atoms with E-state index in [2.05, 4.69) is 6.07 Å². The Morgan fingerprint density at radius 1 is 1.25 bits per heavy atom. The van der Waals surface area contributed by atoms with Gasteiger partial charge in [-0.2, -0.15) is 5.26 Å². The Kier molecular flexibility index (Phi) is 5.85. The summed E-state index contributed by atoms with van der Waals surface area (Å²) in [5.41, 5.74) is 1.90. The van der Waals surface area contributed by atoms with Crippen molar-refractivity contribution in [1.29, 1.82) is 5.26 Å². The topological polar surface area (TPSA) is 62.6 Å². The molecule has 0 saturated carbocycles. The Hall–Kier alpha value is -2.22. The van der Waals surface area contributed by atoms with Crippen LogP contribution in [0.25, 0.3) is 0 Å². The second-order valence-corrected chi connectivity index (χ2v) is 4.50. The monoisotopic (exact) mass is 276 g/mol. The van der Waals surface area contributed by atoms with Crippen molar-refractivity contribution in [2.45, 2.75) is 19.8 Å². The second-order valence-electron chi connectivity index (χ2n) is 4.50. The summed E-state index contributed by atoms with van der Waals surface area (Å²) in [6.45, 7) is 2.13. The minimum absolute atomic E-state index is 0.0207. The highest BCUT2D eigenvalue weighted by Crippen LogP contribution is 2.31. The first-order valence-electron chi connectivity index (χ1n) is 6.35. The van der Waals surface area contributed by atoms with Crippen molar-refractivity contribution in [3.05, 3.63) is 23.3 Å². The molecule has 0 bridgehead atoms. The number of carbonyl (C=O) groups excluding carboxylic acids is 1. The molecule has 1 aromatic carbocycles. The number of hydrogen-bond donors (Lipinski definition) is 0. The van der Waals surface area contributed by atoms with Crippen LogP contribution in [0, 0.1) is 11.3 Å². The summed E-state index contributed by atoms with van der Waals surface area (Å²) in [4.78, 5) is 12.9. The number of likely N-dealkylation sites (N-methyl/N-ethyl adjacent to an activating group) is 1. The number of hydrogen-bond acceptors (Lipinski definition) is 4. The lowest BCUT2D eigenvalue weighted by Gasteiger charge is -2.17. The van der Waals surface area contributed by atoms with Gasteiger partial charge in [0, 0.05) is 20.5 Å². The Bertz CT molecular complexity index is 521. The Morgan fingerprint density at radius 3 is 2.25 bits per heavy atom. The summed E-state index contributed by atoms with van der Waals surface area (Å²) < 4.78 is 10.5. The molecular formula is C15H20N2O3. The summed E-state index contributed by atoms with van der Waals surface area (Å²) in [5, 5.41) is 8.91. The molecule has 1 amide bonds. The van der Waals surface area contributed by atoms with Crippen LogP contribution in [-0.2, 0) is 17.6 Å². The predicted molar refractivity (Wildman–Crippen MR) is 75.9 cm³/mol. The van der Waals surface area contributed by atoms with Gasteiger partial charge < -0.3 is 14.4 Å². The third-order valence-electron chi connectivity index (χ3n) is 3.23. The molecule has 0 fully saturated rings. The van der Waals surface area contributed by atoms with Crippen LogP contribution in [0.1, 0.15) is 18.1 Å². The van der Waals surface area contributed by atoms with Gasteiger partial charge in [-0.15, -0.1) is 0 Å². The molecule has 5 heteroatoms. The van der Waals surface area contributed by atoms with Crippen molar-refractivity contribution in [1.82, 2.24) is 4.90 Å². The highest BCUT2D eigenvalue weighted by Gasteiger charge is 2.12. The van der Waals surface area contributed by atoms with Gasteiger partial charge in [0.05, 0.1) is 26.7 Å². The minimum Gasteiger partial charge on any atom is -0.493 e. The largest absolute Gasteiger partial charge is 0.493 e. The van der Waals surface area contributed by atoms with Crippen molar-refractivity contribution in [3.63, 3.8) is 0 Å². The highest BCUT2D eigenvalue weighted by atomic mass is 16.5. The summed E-state index contributed by atoms with van der Waals surface area (Å²) in [6, 6.07) is 5.85. The first-order valence-corrected chi connectivity index (χ1v) is 6.35. The lowest BCUT2D eigenvalue weighted by Crippen LogP contribution is -2.26. The van der Waals surface area contributed by atoms with Crippen molar-refractivity contribution < 1.29 is 14.3 Å². The lowest BCUT2D eigenvalue weighted by molar-refractivity contribution is -0.127. The minimum atomic E-state index is 0.0207. The van der Waals surface area contributed by atoms with Crippen LogP contribution in [0.2, 0.25) is 0 Å². The van der Waals surface area contributed by atoms with Crippen molar-refractivity contribution in [2.24, 2.45) is 0 Å². The number of nitrogens with zero attached hydrogens (tertiary/aromatic N) is 2. The van der Waals surface area contributed by atoms with Crippen LogP contribution in [0.15, 0.2) is 12.1 Å². The highest BCUT2D eigenvalue weighted by molar-refractivity contribution is 5.72. The first-order chi connectivity index (χ1) is 9.53. The summed E-state index contributed by atoms with van der Waals surface area (Å²) >= 11 is 0. The molecule has 0 radical (unpaired) electrons. The molecule has 0 heterocycles. The van der Waals surface area contributed by atoms with E-state index in [-0.39, 0.29) is 5.91 Å². The average Bonchev–Trinajstić information content (AvgIpc) is 2.45. The van der Waals surface area contributed by atoms with Gasteiger partial charge in [-0.25, -0.2) is 0 Å². The van der Waals surface area contributed by atoms with Gasteiger partial charge in [-0.3, -0.25) is 4.79 Å².